The van der Waals surface area contributed by atoms with Crippen molar-refractivity contribution in [3.8, 4) is 30.3 Å². The maximum atomic E-state index is 11.4. The topological polar surface area (TPSA) is 225 Å². The molecule has 2 aromatic rings. The molecule has 13 nitrogen and oxygen atoms in total. The van der Waals surface area contributed by atoms with Crippen LogP contribution in [0.5, 0.6) is 0 Å². The summed E-state index contributed by atoms with van der Waals surface area (Å²) in [5, 5.41) is 77.5. The molecule has 1 aliphatic carbocycles. The van der Waals surface area contributed by atoms with Gasteiger partial charge in [0.15, 0.2) is 5.92 Å². The van der Waals surface area contributed by atoms with Crippen LogP contribution in [-0.2, 0) is 0 Å². The zero-order chi connectivity index (χ0) is 40.6. The maximum absolute atomic E-state index is 11.4. The molecule has 1 saturated heterocycles. The number of nitriles is 5. The molecule has 1 aliphatic heterocycles. The number of nitrogens with zero attached hydrogens (tertiary/aromatic N) is 8. The highest BCUT2D eigenvalue weighted by atomic mass is 16.4. The Morgan fingerprint density at radius 2 is 1.39 bits per heavy atom. The number of carbonyl (C=O) groups is 2. The summed E-state index contributed by atoms with van der Waals surface area (Å²) in [6.07, 6.45) is 11.3. The highest BCUT2D eigenvalue weighted by Crippen LogP contribution is 2.36. The van der Waals surface area contributed by atoms with E-state index in [1.165, 1.54) is 60.7 Å². The molecule has 13 heteroatoms. The number of carboxylic acids is 2. The molecule has 0 radical (unpaired) electrons. The van der Waals surface area contributed by atoms with Gasteiger partial charge >= 0.3 is 11.9 Å². The fourth-order valence-electron chi connectivity index (χ4n) is 6.43. The number of benzene rings is 2. The zero-order valence-corrected chi connectivity index (χ0v) is 30.1. The quantitative estimate of drug-likeness (QED) is 0.122. The van der Waals surface area contributed by atoms with Crippen LogP contribution < -0.4 is 0 Å². The first-order valence-electron chi connectivity index (χ1n) is 17.2. The van der Waals surface area contributed by atoms with E-state index < -0.39 is 17.9 Å². The molecule has 2 aliphatic rings. The Morgan fingerprint density at radius 1 is 0.804 bits per heavy atom. The van der Waals surface area contributed by atoms with Crippen molar-refractivity contribution in [1.29, 1.82) is 26.3 Å². The molecule has 4 rings (SSSR count). The highest BCUT2D eigenvalue weighted by Gasteiger charge is 2.27. The van der Waals surface area contributed by atoms with Crippen LogP contribution in [-0.4, -0.2) is 76.4 Å². The van der Waals surface area contributed by atoms with Crippen molar-refractivity contribution in [1.82, 2.24) is 9.80 Å². The first-order chi connectivity index (χ1) is 27.1. The smallest absolute Gasteiger partial charge is 0.335 e. The Labute approximate surface area is 324 Å². The number of aliphatic hydroxyl groups excluding tert-OH is 1. The van der Waals surface area contributed by atoms with Crippen LogP contribution in [0.25, 0.3) is 16.0 Å². The Morgan fingerprint density at radius 3 is 1.89 bits per heavy atom. The van der Waals surface area contributed by atoms with Gasteiger partial charge in [0, 0.05) is 49.6 Å². The van der Waals surface area contributed by atoms with Gasteiger partial charge in [0.25, 0.3) is 5.70 Å². The second kappa shape index (κ2) is 19.9. The van der Waals surface area contributed by atoms with Crippen molar-refractivity contribution in [3.05, 3.63) is 152 Å². The minimum Gasteiger partial charge on any atom is -0.478 e. The van der Waals surface area contributed by atoms with Gasteiger partial charge in [-0.15, -0.1) is 0 Å². The molecule has 1 heterocycles. The monoisotopic (exact) mass is 742 g/mol. The molecule has 3 N–H and O–H groups in total. The lowest BCUT2D eigenvalue weighted by Crippen LogP contribution is -2.46. The van der Waals surface area contributed by atoms with Crippen LogP contribution in [0.1, 0.15) is 44.7 Å². The first kappa shape index (κ1) is 41.0. The third kappa shape index (κ3) is 9.80. The molecule has 0 saturated carbocycles. The third-order valence-corrected chi connectivity index (χ3v) is 9.16. The van der Waals surface area contributed by atoms with Crippen molar-refractivity contribution in [2.45, 2.75) is 12.8 Å². The van der Waals surface area contributed by atoms with Gasteiger partial charge in [-0.3, -0.25) is 4.90 Å². The van der Waals surface area contributed by atoms with E-state index in [-0.39, 0.29) is 45.7 Å². The van der Waals surface area contributed by atoms with Crippen molar-refractivity contribution in [2.75, 3.05) is 39.3 Å². The molecular weight excluding hydrogens is 709 g/mol. The Kier molecular flexibility index (Phi) is 14.6. The van der Waals surface area contributed by atoms with E-state index in [1.807, 2.05) is 30.4 Å². The van der Waals surface area contributed by atoms with Gasteiger partial charge < -0.3 is 20.2 Å². The minimum atomic E-state index is -1.30. The summed E-state index contributed by atoms with van der Waals surface area (Å²) in [6.45, 7) is 10.9. The van der Waals surface area contributed by atoms with E-state index in [4.69, 9.17) is 6.57 Å². The van der Waals surface area contributed by atoms with E-state index >= 15 is 0 Å². The standard InChI is InChI=1S/C43H34N8O5/c1-49-38(28-48)40(30-10-16-34(17-11-30)43(55)56)36(25-45)7-3-5-32-13-12-31(41(32)51-20-18-50(19-21-51)22-23-52)4-2-6-35(24-44)39(37(26-46)27-47)29-8-14-33(15-9-29)42(53)54/h2-11,14-17,37,52H,12-13,18-23H2,(H,53,54)(H,55,56). The molecule has 0 aromatic heterocycles. The predicted octanol–water partition coefficient (Wildman–Crippen LogP) is 6.02. The van der Waals surface area contributed by atoms with Gasteiger partial charge in [0.2, 0.25) is 0 Å². The molecule has 0 amide bonds. The van der Waals surface area contributed by atoms with Crippen LogP contribution in [0.15, 0.2) is 119 Å². The number of allylic oxidation sites excluding steroid dienone is 13. The van der Waals surface area contributed by atoms with Crippen molar-refractivity contribution < 1.29 is 24.9 Å². The number of rotatable bonds is 13. The van der Waals surface area contributed by atoms with Crippen LogP contribution >= 0.6 is 0 Å². The Hall–Kier alpha value is -7.78. The van der Waals surface area contributed by atoms with Crippen LogP contribution in [0.2, 0.25) is 0 Å². The normalized spacial score (nSPS) is 16.4. The minimum absolute atomic E-state index is 0.00881. The van der Waals surface area contributed by atoms with Gasteiger partial charge in [-0.2, -0.15) is 21.0 Å². The number of aromatic carboxylic acids is 2. The van der Waals surface area contributed by atoms with Crippen LogP contribution in [0, 0.1) is 69.1 Å². The lowest BCUT2D eigenvalue weighted by atomic mass is 9.89. The molecule has 2 aromatic carbocycles. The van der Waals surface area contributed by atoms with E-state index in [0.717, 1.165) is 16.8 Å². The molecular formula is C43H34N8O5. The fraction of sp³-hybridized carbons (Fsp3) is 0.209. The number of aliphatic hydroxyl groups is 1. The van der Waals surface area contributed by atoms with Crippen molar-refractivity contribution >= 4 is 23.1 Å². The average molecular weight is 743 g/mol. The summed E-state index contributed by atoms with van der Waals surface area (Å²) in [5.74, 6) is -3.58. The van der Waals surface area contributed by atoms with E-state index in [0.29, 0.717) is 56.7 Å². The SMILES string of the molecule is [C-]#[N+]C(C#N)=C(C(C#N)=CC=CC1=C(N2CCN(CCO)CC2)C(=CC=CC(C#N)=C(c2ccc(C(=O)O)cc2)C(C#N)C#N)CC1)c1ccc(C(=O)O)cc1. The summed E-state index contributed by atoms with van der Waals surface area (Å²) in [4.78, 5) is 30.5. The number of hydrogen-bond donors (Lipinski definition) is 3. The van der Waals surface area contributed by atoms with Crippen LogP contribution in [0.4, 0.5) is 0 Å². The van der Waals surface area contributed by atoms with Crippen molar-refractivity contribution in [3.63, 3.8) is 0 Å². The zero-order valence-electron chi connectivity index (χ0n) is 30.1. The number of carboxylic acid groups (broad SMARTS) is 2. The van der Waals surface area contributed by atoms with Gasteiger partial charge in [-0.1, -0.05) is 48.6 Å². The number of hydrogen-bond acceptors (Lipinski definition) is 10. The molecule has 56 heavy (non-hydrogen) atoms. The molecule has 276 valence electrons. The maximum Gasteiger partial charge on any atom is 0.335 e. The fourth-order valence-corrected chi connectivity index (χ4v) is 6.43. The Balaban J connectivity index is 1.78. The second-order valence-corrected chi connectivity index (χ2v) is 12.4. The number of β-amino-alcohol motifs (C(OH)–C–C–N with tert-alkyl or cyclic N) is 1. The predicted molar refractivity (Wildman–Crippen MR) is 205 cm³/mol. The van der Waals surface area contributed by atoms with E-state index in [2.05, 4.69) is 26.8 Å². The Bertz CT molecular complexity index is 2320. The molecule has 0 atom stereocenters. The summed E-state index contributed by atoms with van der Waals surface area (Å²) in [5.41, 5.74) is 3.56. The lowest BCUT2D eigenvalue weighted by molar-refractivity contribution is 0.0686. The summed E-state index contributed by atoms with van der Waals surface area (Å²) in [6, 6.07) is 21.0. The average Bonchev–Trinajstić information content (AvgIpc) is 3.62. The molecule has 0 spiro atoms. The summed E-state index contributed by atoms with van der Waals surface area (Å²) < 4.78 is 0. The van der Waals surface area contributed by atoms with Gasteiger partial charge in [0.1, 0.15) is 0 Å². The van der Waals surface area contributed by atoms with E-state index in [1.54, 1.807) is 12.2 Å². The first-order valence-corrected chi connectivity index (χ1v) is 17.2. The second-order valence-electron chi connectivity index (χ2n) is 12.4. The largest absolute Gasteiger partial charge is 0.478 e. The number of piperazine rings is 1. The lowest BCUT2D eigenvalue weighted by Gasteiger charge is -2.37. The third-order valence-electron chi connectivity index (χ3n) is 9.16. The summed E-state index contributed by atoms with van der Waals surface area (Å²) in [7, 11) is 0. The molecule has 0 unspecified atom stereocenters. The van der Waals surface area contributed by atoms with Gasteiger partial charge in [-0.25, -0.2) is 19.7 Å². The molecule has 0 bridgehead atoms. The van der Waals surface area contributed by atoms with Crippen LogP contribution in [0.3, 0.4) is 0 Å². The summed E-state index contributed by atoms with van der Waals surface area (Å²) >= 11 is 0. The van der Waals surface area contributed by atoms with E-state index in [9.17, 15) is 51.2 Å². The van der Waals surface area contributed by atoms with Gasteiger partial charge in [-0.05, 0) is 71.5 Å². The van der Waals surface area contributed by atoms with Gasteiger partial charge in [0.05, 0.1) is 65.8 Å². The highest BCUT2D eigenvalue weighted by molar-refractivity contribution is 5.91. The van der Waals surface area contributed by atoms with Crippen molar-refractivity contribution in [2.24, 2.45) is 5.92 Å². The molecule has 1 fully saturated rings.